The van der Waals surface area contributed by atoms with E-state index in [9.17, 15) is 10.2 Å². The van der Waals surface area contributed by atoms with Gasteiger partial charge >= 0.3 is 0 Å². The number of halogens is 1. The average molecular weight is 327 g/mol. The molecule has 2 nitrogen and oxygen atoms in total. The molecule has 0 aromatic heterocycles. The standard InChI is InChI=1S/C19H31ClO2/c1-2-3-4-8-11-18(16-17-9-6-5-7-10-17)19(20,12-14-21)13-15-22/h5-7,9-10,18,21-22H,2-4,8,11-16H2,1H3. The molecule has 1 aromatic carbocycles. The van der Waals surface area contributed by atoms with Gasteiger partial charge in [0.15, 0.2) is 0 Å². The summed E-state index contributed by atoms with van der Waals surface area (Å²) >= 11 is 6.85. The average Bonchev–Trinajstić information content (AvgIpc) is 2.52. The fourth-order valence-corrected chi connectivity index (χ4v) is 3.52. The Morgan fingerprint density at radius 3 is 2.18 bits per heavy atom. The Bertz CT molecular complexity index is 374. The molecule has 0 aliphatic carbocycles. The molecule has 0 saturated heterocycles. The first-order valence-corrected chi connectivity index (χ1v) is 8.98. The van der Waals surface area contributed by atoms with Gasteiger partial charge in [0.1, 0.15) is 0 Å². The van der Waals surface area contributed by atoms with E-state index < -0.39 is 4.87 Å². The van der Waals surface area contributed by atoms with Crippen molar-refractivity contribution in [3.05, 3.63) is 35.9 Å². The molecule has 2 N–H and O–H groups in total. The van der Waals surface area contributed by atoms with Crippen molar-refractivity contribution in [3.63, 3.8) is 0 Å². The van der Waals surface area contributed by atoms with Crippen LogP contribution in [0.1, 0.15) is 57.4 Å². The van der Waals surface area contributed by atoms with Crippen LogP contribution in [-0.4, -0.2) is 28.3 Å². The molecular formula is C19H31ClO2. The Morgan fingerprint density at radius 1 is 1.00 bits per heavy atom. The second-order valence-corrected chi connectivity index (χ2v) is 6.97. The molecule has 1 atom stereocenters. The van der Waals surface area contributed by atoms with Crippen LogP contribution in [0.5, 0.6) is 0 Å². The third kappa shape index (κ3) is 6.68. The molecule has 0 bridgehead atoms. The topological polar surface area (TPSA) is 40.5 Å². The van der Waals surface area contributed by atoms with E-state index in [1.54, 1.807) is 0 Å². The van der Waals surface area contributed by atoms with Gasteiger partial charge in [0.05, 0.1) is 4.87 Å². The van der Waals surface area contributed by atoms with Gasteiger partial charge in [-0.3, -0.25) is 0 Å². The summed E-state index contributed by atoms with van der Waals surface area (Å²) in [4.78, 5) is -0.508. The van der Waals surface area contributed by atoms with Gasteiger partial charge in [0.25, 0.3) is 0 Å². The van der Waals surface area contributed by atoms with Crippen LogP contribution >= 0.6 is 11.6 Å². The fraction of sp³-hybridized carbons (Fsp3) is 0.684. The number of aliphatic hydroxyl groups is 2. The highest BCUT2D eigenvalue weighted by Gasteiger charge is 2.35. The minimum absolute atomic E-state index is 0.0732. The lowest BCUT2D eigenvalue weighted by atomic mass is 9.79. The maximum Gasteiger partial charge on any atom is 0.0521 e. The maximum atomic E-state index is 9.39. The number of hydrogen-bond acceptors (Lipinski definition) is 2. The van der Waals surface area contributed by atoms with Gasteiger partial charge in [0.2, 0.25) is 0 Å². The molecule has 0 radical (unpaired) electrons. The molecular weight excluding hydrogens is 296 g/mol. The Kier molecular flexibility index (Phi) is 9.77. The van der Waals surface area contributed by atoms with Gasteiger partial charge in [-0.05, 0) is 37.2 Å². The van der Waals surface area contributed by atoms with Crippen molar-refractivity contribution >= 4 is 11.6 Å². The molecule has 0 fully saturated rings. The number of rotatable bonds is 12. The van der Waals surface area contributed by atoms with Gasteiger partial charge < -0.3 is 10.2 Å². The van der Waals surface area contributed by atoms with Gasteiger partial charge in [-0.25, -0.2) is 0 Å². The highest BCUT2D eigenvalue weighted by Crippen LogP contribution is 2.38. The number of alkyl halides is 1. The van der Waals surface area contributed by atoms with Crippen LogP contribution in [0, 0.1) is 5.92 Å². The highest BCUT2D eigenvalue weighted by molar-refractivity contribution is 6.24. The summed E-state index contributed by atoms with van der Waals surface area (Å²) in [6, 6.07) is 10.4. The van der Waals surface area contributed by atoms with Crippen LogP contribution in [0.2, 0.25) is 0 Å². The minimum Gasteiger partial charge on any atom is -0.396 e. The first-order valence-electron chi connectivity index (χ1n) is 8.61. The number of aliphatic hydroxyl groups excluding tert-OH is 2. The summed E-state index contributed by atoms with van der Waals surface area (Å²) in [7, 11) is 0. The quantitative estimate of drug-likeness (QED) is 0.436. The van der Waals surface area contributed by atoms with Crippen molar-refractivity contribution in [2.24, 2.45) is 5.92 Å². The maximum absolute atomic E-state index is 9.39. The highest BCUT2D eigenvalue weighted by atomic mass is 35.5. The summed E-state index contributed by atoms with van der Waals surface area (Å²) in [5.41, 5.74) is 1.28. The SMILES string of the molecule is CCCCCCC(Cc1ccccc1)C(Cl)(CCO)CCO. The van der Waals surface area contributed by atoms with E-state index in [1.165, 1.54) is 24.8 Å². The van der Waals surface area contributed by atoms with Crippen molar-refractivity contribution in [3.8, 4) is 0 Å². The molecule has 1 aromatic rings. The lowest BCUT2D eigenvalue weighted by Gasteiger charge is -2.35. The van der Waals surface area contributed by atoms with Crippen molar-refractivity contribution in [1.29, 1.82) is 0 Å². The Balaban J connectivity index is 2.78. The molecule has 22 heavy (non-hydrogen) atoms. The molecule has 0 amide bonds. The third-order valence-electron chi connectivity index (χ3n) is 4.52. The first-order chi connectivity index (χ1) is 10.7. The molecule has 0 aliphatic rings. The first kappa shape index (κ1) is 19.5. The molecule has 1 unspecified atom stereocenters. The number of hydrogen-bond donors (Lipinski definition) is 2. The van der Waals surface area contributed by atoms with Crippen LogP contribution in [0.3, 0.4) is 0 Å². The Morgan fingerprint density at radius 2 is 1.64 bits per heavy atom. The summed E-state index contributed by atoms with van der Waals surface area (Å²) < 4.78 is 0. The largest absolute Gasteiger partial charge is 0.396 e. The van der Waals surface area contributed by atoms with E-state index in [2.05, 4.69) is 31.2 Å². The summed E-state index contributed by atoms with van der Waals surface area (Å²) in [5.74, 6) is 0.285. The predicted molar refractivity (Wildman–Crippen MR) is 94.4 cm³/mol. The molecule has 0 aliphatic heterocycles. The summed E-state index contributed by atoms with van der Waals surface area (Å²) in [6.45, 7) is 2.36. The van der Waals surface area contributed by atoms with E-state index in [1.807, 2.05) is 6.07 Å². The van der Waals surface area contributed by atoms with Gasteiger partial charge in [-0.15, -0.1) is 11.6 Å². The fourth-order valence-electron chi connectivity index (χ4n) is 3.16. The molecule has 0 heterocycles. The lowest BCUT2D eigenvalue weighted by Crippen LogP contribution is -2.36. The Labute approximate surface area is 140 Å². The van der Waals surface area contributed by atoms with Gasteiger partial charge in [-0.1, -0.05) is 62.9 Å². The second-order valence-electron chi connectivity index (χ2n) is 6.22. The zero-order valence-corrected chi connectivity index (χ0v) is 14.6. The van der Waals surface area contributed by atoms with E-state index in [-0.39, 0.29) is 19.1 Å². The zero-order chi connectivity index (χ0) is 16.3. The molecule has 1 rings (SSSR count). The van der Waals surface area contributed by atoms with E-state index in [4.69, 9.17) is 11.6 Å². The number of unbranched alkanes of at least 4 members (excludes halogenated alkanes) is 3. The van der Waals surface area contributed by atoms with Crippen LogP contribution in [0.4, 0.5) is 0 Å². The van der Waals surface area contributed by atoms with Crippen molar-refractivity contribution in [2.75, 3.05) is 13.2 Å². The van der Waals surface area contributed by atoms with Crippen molar-refractivity contribution in [1.82, 2.24) is 0 Å². The third-order valence-corrected chi connectivity index (χ3v) is 5.20. The smallest absolute Gasteiger partial charge is 0.0521 e. The van der Waals surface area contributed by atoms with Gasteiger partial charge in [0, 0.05) is 13.2 Å². The lowest BCUT2D eigenvalue weighted by molar-refractivity contribution is 0.186. The summed E-state index contributed by atoms with van der Waals surface area (Å²) in [5, 5.41) is 18.8. The van der Waals surface area contributed by atoms with Crippen molar-refractivity contribution in [2.45, 2.75) is 63.2 Å². The zero-order valence-electron chi connectivity index (χ0n) is 13.8. The number of benzene rings is 1. The van der Waals surface area contributed by atoms with Crippen LogP contribution in [0.25, 0.3) is 0 Å². The minimum atomic E-state index is -0.508. The van der Waals surface area contributed by atoms with E-state index in [0.717, 1.165) is 19.3 Å². The predicted octanol–water partition coefficient (Wildman–Crippen LogP) is 4.56. The van der Waals surface area contributed by atoms with Crippen molar-refractivity contribution < 1.29 is 10.2 Å². The second kappa shape index (κ2) is 11.0. The normalized spacial score (nSPS) is 13.3. The van der Waals surface area contributed by atoms with Crippen LogP contribution < -0.4 is 0 Å². The van der Waals surface area contributed by atoms with E-state index >= 15 is 0 Å². The van der Waals surface area contributed by atoms with E-state index in [0.29, 0.717) is 12.8 Å². The molecule has 3 heteroatoms. The Hall–Kier alpha value is -0.570. The van der Waals surface area contributed by atoms with Crippen LogP contribution in [0.15, 0.2) is 30.3 Å². The monoisotopic (exact) mass is 326 g/mol. The summed E-state index contributed by atoms with van der Waals surface area (Å²) in [6.07, 6.45) is 7.93. The molecule has 0 spiro atoms. The molecule has 126 valence electrons. The van der Waals surface area contributed by atoms with Gasteiger partial charge in [-0.2, -0.15) is 0 Å². The molecule has 0 saturated carbocycles. The van der Waals surface area contributed by atoms with Crippen LogP contribution in [-0.2, 0) is 6.42 Å².